The molecule has 3 heterocycles. The van der Waals surface area contributed by atoms with Crippen LogP contribution in [-0.2, 0) is 6.54 Å². The van der Waals surface area contributed by atoms with Crippen molar-refractivity contribution in [1.82, 2.24) is 5.32 Å². The number of benzene rings is 6. The lowest BCUT2D eigenvalue weighted by Crippen LogP contribution is -2.07. The third kappa shape index (κ3) is 4.42. The number of rotatable bonds is 2. The summed E-state index contributed by atoms with van der Waals surface area (Å²) in [6.07, 6.45) is 4.25. The Morgan fingerprint density at radius 3 is 1.82 bits per heavy atom. The summed E-state index contributed by atoms with van der Waals surface area (Å²) in [5, 5.41) is 4.66. The van der Waals surface area contributed by atoms with E-state index < -0.39 is 0 Å². The van der Waals surface area contributed by atoms with Crippen LogP contribution in [0.5, 0.6) is 23.0 Å². The fourth-order valence-electron chi connectivity index (χ4n) is 6.49. The molecule has 9 rings (SSSR count). The van der Waals surface area contributed by atoms with E-state index >= 15 is 0 Å². The number of thiophene rings is 1. The third-order valence-corrected chi connectivity index (χ3v) is 9.81. The van der Waals surface area contributed by atoms with Crippen molar-refractivity contribution in [2.75, 3.05) is 0 Å². The van der Waals surface area contributed by atoms with Gasteiger partial charge in [-0.05, 0) is 77.0 Å². The molecule has 0 radical (unpaired) electrons. The third-order valence-electron chi connectivity index (χ3n) is 8.64. The van der Waals surface area contributed by atoms with Gasteiger partial charge in [0.05, 0.1) is 0 Å². The van der Waals surface area contributed by atoms with Gasteiger partial charge >= 0.3 is 0 Å². The minimum atomic E-state index is 0.785. The van der Waals surface area contributed by atoms with Gasteiger partial charge in [-0.2, -0.15) is 0 Å². The molecule has 0 saturated heterocycles. The van der Waals surface area contributed by atoms with Crippen molar-refractivity contribution in [1.29, 1.82) is 0 Å². The molecule has 0 bridgehead atoms. The van der Waals surface area contributed by atoms with E-state index in [-0.39, 0.29) is 0 Å². The molecule has 45 heavy (non-hydrogen) atoms. The number of nitrogens with one attached hydrogen (secondary N) is 1. The summed E-state index contributed by atoms with van der Waals surface area (Å²) in [7, 11) is 0. The van der Waals surface area contributed by atoms with Gasteiger partial charge < -0.3 is 14.8 Å². The highest BCUT2D eigenvalue weighted by Crippen LogP contribution is 2.49. The lowest BCUT2D eigenvalue weighted by molar-refractivity contribution is 0.472. The number of hydrogen-bond donors (Lipinski definition) is 1. The van der Waals surface area contributed by atoms with Crippen molar-refractivity contribution in [3.63, 3.8) is 0 Å². The number of hydrogen-bond acceptors (Lipinski definition) is 4. The molecule has 2 aliphatic heterocycles. The second-order valence-electron chi connectivity index (χ2n) is 11.3. The van der Waals surface area contributed by atoms with E-state index in [1.54, 1.807) is 0 Å². The minimum Gasteiger partial charge on any atom is -0.456 e. The normalized spacial score (nSPS) is 12.8. The maximum Gasteiger partial charge on any atom is 0.136 e. The average molecular weight is 598 g/mol. The number of ether oxygens (including phenoxy) is 2. The predicted octanol–water partition coefficient (Wildman–Crippen LogP) is 11.5. The highest BCUT2D eigenvalue weighted by molar-refractivity contribution is 7.19. The first kappa shape index (κ1) is 25.9. The number of para-hydroxylation sites is 2. The molecular weight excluding hydrogens is 571 g/mol. The van der Waals surface area contributed by atoms with Crippen LogP contribution in [0, 0.1) is 0 Å². The van der Waals surface area contributed by atoms with Crippen LogP contribution in [0.1, 0.15) is 10.4 Å². The molecule has 0 spiro atoms. The molecule has 1 aromatic heterocycles. The van der Waals surface area contributed by atoms with E-state index in [4.69, 9.17) is 9.47 Å². The summed E-state index contributed by atoms with van der Waals surface area (Å²) in [5.41, 5.74) is 9.79. The Kier molecular flexibility index (Phi) is 6.06. The Hall–Kier alpha value is -5.58. The quantitative estimate of drug-likeness (QED) is 0.215. The van der Waals surface area contributed by atoms with Crippen molar-refractivity contribution in [2.24, 2.45) is 0 Å². The molecule has 2 aliphatic rings. The van der Waals surface area contributed by atoms with Crippen LogP contribution in [0.3, 0.4) is 0 Å². The first-order chi connectivity index (χ1) is 22.3. The van der Waals surface area contributed by atoms with Crippen molar-refractivity contribution in [3.8, 4) is 67.5 Å². The lowest BCUT2D eigenvalue weighted by Gasteiger charge is -2.22. The van der Waals surface area contributed by atoms with Crippen LogP contribution in [0.4, 0.5) is 0 Å². The maximum atomic E-state index is 6.94. The average Bonchev–Trinajstić information content (AvgIpc) is 3.48. The van der Waals surface area contributed by atoms with E-state index in [9.17, 15) is 0 Å². The SMILES string of the molecule is C1=Cc2c(sc3cccc(-c4ccc5c(c4)Oc4ccccc4-c4ccccc4Oc4cc(-c6ccccc6)ccc4-5)c23)CN1. The Bertz CT molecular complexity index is 2280. The molecule has 0 unspecified atom stereocenters. The van der Waals surface area contributed by atoms with Gasteiger partial charge in [-0.25, -0.2) is 0 Å². The zero-order valence-electron chi connectivity index (χ0n) is 24.3. The molecule has 0 atom stereocenters. The molecule has 1 N–H and O–H groups in total. The Morgan fingerprint density at radius 1 is 0.489 bits per heavy atom. The molecule has 0 amide bonds. The monoisotopic (exact) mass is 597 g/mol. The van der Waals surface area contributed by atoms with Crippen molar-refractivity contribution in [3.05, 3.63) is 150 Å². The highest BCUT2D eigenvalue weighted by atomic mass is 32.1. The molecule has 0 aliphatic carbocycles. The summed E-state index contributed by atoms with van der Waals surface area (Å²) >= 11 is 1.86. The maximum absolute atomic E-state index is 6.94. The summed E-state index contributed by atoms with van der Waals surface area (Å²) < 4.78 is 15.1. The van der Waals surface area contributed by atoms with Gasteiger partial charge in [0, 0.05) is 49.3 Å². The Labute approximate surface area is 265 Å². The highest BCUT2D eigenvalue weighted by Gasteiger charge is 2.22. The molecule has 4 heteroatoms. The van der Waals surface area contributed by atoms with Gasteiger partial charge in [0.25, 0.3) is 0 Å². The van der Waals surface area contributed by atoms with Crippen LogP contribution < -0.4 is 14.8 Å². The zero-order chi connectivity index (χ0) is 29.7. The second kappa shape index (κ2) is 10.5. The van der Waals surface area contributed by atoms with E-state index in [0.29, 0.717) is 0 Å². The largest absolute Gasteiger partial charge is 0.456 e. The van der Waals surface area contributed by atoms with Crippen molar-refractivity contribution in [2.45, 2.75) is 6.54 Å². The molecule has 3 nitrogen and oxygen atoms in total. The molecule has 214 valence electrons. The molecule has 0 fully saturated rings. The van der Waals surface area contributed by atoms with E-state index in [1.165, 1.54) is 26.1 Å². The van der Waals surface area contributed by atoms with Gasteiger partial charge in [0.15, 0.2) is 0 Å². The van der Waals surface area contributed by atoms with E-state index in [1.807, 2.05) is 53.8 Å². The minimum absolute atomic E-state index is 0.785. The summed E-state index contributed by atoms with van der Waals surface area (Å²) in [4.78, 5) is 1.36. The fourth-order valence-corrected chi connectivity index (χ4v) is 7.66. The molecular formula is C41H27NO2S. The number of fused-ring (bicyclic) bond motifs is 9. The van der Waals surface area contributed by atoms with Gasteiger partial charge in [0.2, 0.25) is 0 Å². The van der Waals surface area contributed by atoms with Crippen LogP contribution in [0.2, 0.25) is 0 Å². The molecule has 0 saturated carbocycles. The van der Waals surface area contributed by atoms with Crippen molar-refractivity contribution >= 4 is 27.5 Å². The van der Waals surface area contributed by atoms with Gasteiger partial charge in [-0.1, -0.05) is 91.0 Å². The van der Waals surface area contributed by atoms with Gasteiger partial charge in [-0.3, -0.25) is 0 Å². The summed E-state index contributed by atoms with van der Waals surface area (Å²) in [5.74, 6) is 3.15. The van der Waals surface area contributed by atoms with Crippen LogP contribution >= 0.6 is 11.3 Å². The first-order valence-electron chi connectivity index (χ1n) is 15.1. The van der Waals surface area contributed by atoms with E-state index in [0.717, 1.165) is 68.5 Å². The zero-order valence-corrected chi connectivity index (χ0v) is 25.1. The predicted molar refractivity (Wildman–Crippen MR) is 186 cm³/mol. The molecule has 6 aromatic carbocycles. The standard InChI is InChI=1S/C41H27NO2S/c1-2-9-26(10-3-1)27-17-19-32-33-20-18-28(29-13-8-16-39-41(29)34-21-22-42-25-40(34)45-39)24-38(33)44-36-15-7-5-12-31(36)30-11-4-6-14-35(30)43-37(32)23-27/h1-24,42H,25H2. The van der Waals surface area contributed by atoms with Gasteiger partial charge in [-0.15, -0.1) is 11.3 Å². The van der Waals surface area contributed by atoms with Gasteiger partial charge in [0.1, 0.15) is 23.0 Å². The fraction of sp³-hybridized carbons (Fsp3) is 0.0244. The summed E-state index contributed by atoms with van der Waals surface area (Å²) in [6.45, 7) is 0.859. The van der Waals surface area contributed by atoms with Crippen LogP contribution in [-0.4, -0.2) is 0 Å². The lowest BCUT2D eigenvalue weighted by atomic mass is 9.93. The Morgan fingerprint density at radius 2 is 1.09 bits per heavy atom. The summed E-state index contributed by atoms with van der Waals surface area (Å²) in [6, 6.07) is 46.5. The molecule has 7 aromatic rings. The smallest absolute Gasteiger partial charge is 0.136 e. The second-order valence-corrected chi connectivity index (χ2v) is 12.5. The van der Waals surface area contributed by atoms with Crippen LogP contribution in [0.15, 0.2) is 140 Å². The Balaban J connectivity index is 1.28. The first-order valence-corrected chi connectivity index (χ1v) is 15.9. The topological polar surface area (TPSA) is 30.5 Å². The van der Waals surface area contributed by atoms with Crippen LogP contribution in [0.25, 0.3) is 60.7 Å². The van der Waals surface area contributed by atoms with E-state index in [2.05, 4.69) is 109 Å². The van der Waals surface area contributed by atoms with Crippen molar-refractivity contribution < 1.29 is 9.47 Å².